The number of aryl methyl sites for hydroxylation is 1. The first-order chi connectivity index (χ1) is 15.5. The molecule has 0 bridgehead atoms. The van der Waals surface area contributed by atoms with Crippen LogP contribution in [0.1, 0.15) is 36.3 Å². The van der Waals surface area contributed by atoms with Crippen molar-refractivity contribution in [1.29, 1.82) is 0 Å². The maximum absolute atomic E-state index is 13.5. The Kier molecular flexibility index (Phi) is 8.45. The lowest BCUT2D eigenvalue weighted by molar-refractivity contribution is -0.133. The molecule has 0 saturated carbocycles. The summed E-state index contributed by atoms with van der Waals surface area (Å²) in [6.45, 7) is 7.13. The van der Waals surface area contributed by atoms with Crippen LogP contribution in [0.4, 0.5) is 10.5 Å². The van der Waals surface area contributed by atoms with Crippen molar-refractivity contribution in [1.82, 2.24) is 9.80 Å². The average Bonchev–Trinajstić information content (AvgIpc) is 3.22. The molecule has 0 fully saturated rings. The third-order valence-electron chi connectivity index (χ3n) is 5.59. The van der Waals surface area contributed by atoms with Crippen molar-refractivity contribution < 1.29 is 9.59 Å². The molecule has 5 nitrogen and oxygen atoms in total. The number of anilines is 1. The molecular weight excluding hydrogens is 418 g/mol. The zero-order chi connectivity index (χ0) is 22.9. The van der Waals surface area contributed by atoms with E-state index in [2.05, 4.69) is 23.7 Å². The molecule has 0 aliphatic carbocycles. The number of para-hydroxylation sites is 1. The number of rotatable bonds is 9. The molecule has 6 heteroatoms. The fraction of sp³-hybridized carbons (Fsp3) is 0.308. The number of benzene rings is 2. The number of carbonyl (C=O) groups excluding carboxylic acids is 2. The van der Waals surface area contributed by atoms with Gasteiger partial charge in [-0.15, -0.1) is 11.3 Å². The second-order valence-corrected chi connectivity index (χ2v) is 8.94. The maximum Gasteiger partial charge on any atom is 0.322 e. The van der Waals surface area contributed by atoms with Crippen molar-refractivity contribution in [3.05, 3.63) is 88.1 Å². The molecule has 2 aromatic carbocycles. The van der Waals surface area contributed by atoms with Crippen LogP contribution < -0.4 is 5.32 Å². The Bertz CT molecular complexity index is 1000. The van der Waals surface area contributed by atoms with Gasteiger partial charge in [-0.05, 0) is 55.0 Å². The van der Waals surface area contributed by atoms with Gasteiger partial charge in [0, 0.05) is 23.2 Å². The van der Waals surface area contributed by atoms with E-state index >= 15 is 0 Å². The highest BCUT2D eigenvalue weighted by molar-refractivity contribution is 7.10. The van der Waals surface area contributed by atoms with Crippen LogP contribution in [0, 0.1) is 6.92 Å². The zero-order valence-corrected chi connectivity index (χ0v) is 19.8. The summed E-state index contributed by atoms with van der Waals surface area (Å²) >= 11 is 1.66. The van der Waals surface area contributed by atoms with Crippen LogP contribution in [-0.4, -0.2) is 34.3 Å². The number of thiophene rings is 1. The number of urea groups is 1. The average molecular weight is 450 g/mol. The van der Waals surface area contributed by atoms with E-state index in [1.807, 2.05) is 79.4 Å². The highest BCUT2D eigenvalue weighted by Crippen LogP contribution is 2.20. The van der Waals surface area contributed by atoms with Crippen LogP contribution in [0.2, 0.25) is 0 Å². The van der Waals surface area contributed by atoms with Gasteiger partial charge in [0.1, 0.15) is 6.54 Å². The first-order valence-electron chi connectivity index (χ1n) is 10.9. The van der Waals surface area contributed by atoms with E-state index in [9.17, 15) is 9.59 Å². The van der Waals surface area contributed by atoms with Crippen molar-refractivity contribution in [3.63, 3.8) is 0 Å². The van der Waals surface area contributed by atoms with Gasteiger partial charge in [0.2, 0.25) is 5.91 Å². The van der Waals surface area contributed by atoms with Gasteiger partial charge in [0.25, 0.3) is 0 Å². The fourth-order valence-electron chi connectivity index (χ4n) is 3.39. The Morgan fingerprint density at radius 3 is 2.22 bits per heavy atom. The number of carbonyl (C=O) groups is 2. The van der Waals surface area contributed by atoms with Crippen LogP contribution >= 0.6 is 11.3 Å². The van der Waals surface area contributed by atoms with E-state index in [-0.39, 0.29) is 24.5 Å². The van der Waals surface area contributed by atoms with Crippen molar-refractivity contribution in [2.75, 3.05) is 11.9 Å². The molecule has 0 radical (unpaired) electrons. The predicted molar refractivity (Wildman–Crippen MR) is 132 cm³/mol. The minimum atomic E-state index is -0.258. The SMILES string of the molecule is CCC(C)N(CC(=O)N(Cc1ccccc1)Cc1sccc1C)C(=O)Nc1ccccc1. The molecule has 32 heavy (non-hydrogen) atoms. The molecular formula is C26H31N3O2S. The maximum atomic E-state index is 13.5. The highest BCUT2D eigenvalue weighted by Gasteiger charge is 2.25. The van der Waals surface area contributed by atoms with Crippen molar-refractivity contribution in [2.24, 2.45) is 0 Å². The number of hydrogen-bond donors (Lipinski definition) is 1. The summed E-state index contributed by atoms with van der Waals surface area (Å²) in [7, 11) is 0. The van der Waals surface area contributed by atoms with Crippen molar-refractivity contribution >= 4 is 29.0 Å². The van der Waals surface area contributed by atoms with Crippen LogP contribution in [0.3, 0.4) is 0 Å². The largest absolute Gasteiger partial charge is 0.332 e. The van der Waals surface area contributed by atoms with Gasteiger partial charge < -0.3 is 15.1 Å². The molecule has 1 unspecified atom stereocenters. The molecule has 168 valence electrons. The van der Waals surface area contributed by atoms with Crippen LogP contribution in [0.5, 0.6) is 0 Å². The molecule has 3 aromatic rings. The van der Waals surface area contributed by atoms with Crippen LogP contribution in [0.25, 0.3) is 0 Å². The monoisotopic (exact) mass is 449 g/mol. The van der Waals surface area contributed by atoms with Gasteiger partial charge >= 0.3 is 6.03 Å². The fourth-order valence-corrected chi connectivity index (χ4v) is 4.31. The summed E-state index contributed by atoms with van der Waals surface area (Å²) < 4.78 is 0. The summed E-state index contributed by atoms with van der Waals surface area (Å²) in [4.78, 5) is 31.2. The van der Waals surface area contributed by atoms with E-state index < -0.39 is 0 Å². The summed E-state index contributed by atoms with van der Waals surface area (Å²) in [5.41, 5.74) is 2.97. The van der Waals surface area contributed by atoms with E-state index in [1.165, 1.54) is 5.56 Å². The third-order valence-corrected chi connectivity index (χ3v) is 6.59. The summed E-state index contributed by atoms with van der Waals surface area (Å²) in [5.74, 6) is -0.0647. The Labute approximate surface area is 194 Å². The Morgan fingerprint density at radius 1 is 0.969 bits per heavy atom. The van der Waals surface area contributed by atoms with Gasteiger partial charge in [-0.3, -0.25) is 4.79 Å². The lowest BCUT2D eigenvalue weighted by atomic mass is 10.2. The van der Waals surface area contributed by atoms with Gasteiger partial charge in [0.05, 0.1) is 6.54 Å². The van der Waals surface area contributed by atoms with Gasteiger partial charge in [-0.2, -0.15) is 0 Å². The number of hydrogen-bond acceptors (Lipinski definition) is 3. The molecule has 3 amide bonds. The molecule has 1 N–H and O–H groups in total. The van der Waals surface area contributed by atoms with Crippen LogP contribution in [-0.2, 0) is 17.9 Å². The molecule has 0 aliphatic rings. The predicted octanol–water partition coefficient (Wildman–Crippen LogP) is 5.92. The van der Waals surface area contributed by atoms with Crippen LogP contribution in [0.15, 0.2) is 72.1 Å². The molecule has 1 aromatic heterocycles. The lowest BCUT2D eigenvalue weighted by Crippen LogP contribution is -2.47. The third kappa shape index (κ3) is 6.44. The molecule has 1 heterocycles. The van der Waals surface area contributed by atoms with E-state index in [1.54, 1.807) is 16.2 Å². The normalized spacial score (nSPS) is 11.6. The lowest BCUT2D eigenvalue weighted by Gasteiger charge is -2.31. The second-order valence-electron chi connectivity index (χ2n) is 7.94. The van der Waals surface area contributed by atoms with E-state index in [0.29, 0.717) is 18.8 Å². The molecule has 0 aliphatic heterocycles. The first kappa shape index (κ1) is 23.5. The number of nitrogens with one attached hydrogen (secondary N) is 1. The Hall–Kier alpha value is -3.12. The second kappa shape index (κ2) is 11.5. The quantitative estimate of drug-likeness (QED) is 0.441. The first-order valence-corrected chi connectivity index (χ1v) is 11.8. The van der Waals surface area contributed by atoms with Gasteiger partial charge in [0.15, 0.2) is 0 Å². The summed E-state index contributed by atoms with van der Waals surface area (Å²) in [5, 5.41) is 4.97. The van der Waals surface area contributed by atoms with E-state index in [4.69, 9.17) is 0 Å². The summed E-state index contributed by atoms with van der Waals surface area (Å²) in [6, 6.07) is 21.1. The van der Waals surface area contributed by atoms with Gasteiger partial charge in [-0.25, -0.2) is 4.79 Å². The molecule has 1 atom stereocenters. The zero-order valence-electron chi connectivity index (χ0n) is 19.0. The van der Waals surface area contributed by atoms with Crippen molar-refractivity contribution in [2.45, 2.75) is 46.3 Å². The van der Waals surface area contributed by atoms with E-state index in [0.717, 1.165) is 16.9 Å². The standard InChI is InChI=1S/C26H31N3O2S/c1-4-21(3)29(26(31)27-23-13-9-6-10-14-23)19-25(30)28(17-22-11-7-5-8-12-22)18-24-20(2)15-16-32-24/h5-16,21H,4,17-19H2,1-3H3,(H,27,31). The Balaban J connectivity index is 1.78. The van der Waals surface area contributed by atoms with Gasteiger partial charge in [-0.1, -0.05) is 55.5 Å². The van der Waals surface area contributed by atoms with Crippen molar-refractivity contribution in [3.8, 4) is 0 Å². The Morgan fingerprint density at radius 2 is 1.62 bits per heavy atom. The number of amides is 3. The molecule has 3 rings (SSSR count). The summed E-state index contributed by atoms with van der Waals surface area (Å²) in [6.07, 6.45) is 0.762. The smallest absolute Gasteiger partial charge is 0.322 e. The highest BCUT2D eigenvalue weighted by atomic mass is 32.1. The minimum Gasteiger partial charge on any atom is -0.332 e. The molecule has 0 spiro atoms. The minimum absolute atomic E-state index is 0.0327. The topological polar surface area (TPSA) is 52.7 Å². The number of nitrogens with zero attached hydrogens (tertiary/aromatic N) is 2. The molecule has 0 saturated heterocycles.